The van der Waals surface area contributed by atoms with Crippen molar-refractivity contribution in [3.05, 3.63) is 59.8 Å². The molecule has 3 aromatic rings. The first-order valence-corrected chi connectivity index (χ1v) is 10.4. The van der Waals surface area contributed by atoms with E-state index in [-0.39, 0.29) is 17.6 Å². The minimum atomic E-state index is -0.0875. The maximum Gasteiger partial charge on any atom is 0.0612 e. The lowest BCUT2D eigenvalue weighted by Crippen LogP contribution is -2.43. The quantitative estimate of drug-likeness (QED) is 0.633. The van der Waals surface area contributed by atoms with Gasteiger partial charge in [0.25, 0.3) is 0 Å². The molecule has 1 aliphatic heterocycles. The number of rotatable bonds is 4. The molecule has 1 saturated heterocycles. The van der Waals surface area contributed by atoms with Crippen molar-refractivity contribution in [2.24, 2.45) is 0 Å². The van der Waals surface area contributed by atoms with E-state index in [9.17, 15) is 5.11 Å². The zero-order chi connectivity index (χ0) is 19.9. The van der Waals surface area contributed by atoms with Crippen molar-refractivity contribution in [2.45, 2.75) is 58.0 Å². The fraction of sp³-hybridized carbons (Fsp3) is 0.440. The number of nitrogens with zero attached hydrogens (tertiary/aromatic N) is 1. The highest BCUT2D eigenvalue weighted by Gasteiger charge is 2.35. The summed E-state index contributed by atoms with van der Waals surface area (Å²) >= 11 is 0. The minimum absolute atomic E-state index is 0.0875. The highest BCUT2D eigenvalue weighted by Crippen LogP contribution is 2.32. The Bertz CT molecular complexity index is 982. The number of nitrogens with one attached hydrogen (secondary N) is 1. The first kappa shape index (κ1) is 19.2. The molecule has 1 atom stereocenters. The maximum absolute atomic E-state index is 9.80. The molecule has 1 aliphatic rings. The molecule has 0 amide bonds. The number of aromatic nitrogens is 1. The lowest BCUT2D eigenvalue weighted by Gasteiger charge is -2.33. The van der Waals surface area contributed by atoms with Crippen molar-refractivity contribution >= 4 is 10.9 Å². The van der Waals surface area contributed by atoms with Crippen LogP contribution in [0.1, 0.15) is 51.8 Å². The SMILES string of the molecule is CC(C)(C)c1cccc(-c2ccc3[nH]c(CN4CCC[C@]4(C)CO)cc3c2)c1. The van der Waals surface area contributed by atoms with E-state index in [1.807, 2.05) is 0 Å². The number of aliphatic hydroxyl groups is 1. The number of likely N-dealkylation sites (tertiary alicyclic amines) is 1. The molecule has 2 heterocycles. The van der Waals surface area contributed by atoms with Crippen LogP contribution in [0.3, 0.4) is 0 Å². The molecule has 1 aromatic heterocycles. The molecule has 4 rings (SSSR count). The van der Waals surface area contributed by atoms with Crippen molar-refractivity contribution in [1.29, 1.82) is 0 Å². The van der Waals surface area contributed by atoms with Crippen molar-refractivity contribution in [2.75, 3.05) is 13.2 Å². The molecule has 0 aliphatic carbocycles. The zero-order valence-electron chi connectivity index (χ0n) is 17.5. The summed E-state index contributed by atoms with van der Waals surface area (Å²) in [6, 6.07) is 17.8. The second-order valence-electron chi connectivity index (χ2n) is 9.61. The largest absolute Gasteiger partial charge is 0.394 e. The Hall–Kier alpha value is -2.10. The summed E-state index contributed by atoms with van der Waals surface area (Å²) in [6.45, 7) is 11.1. The fourth-order valence-electron chi connectivity index (χ4n) is 4.36. The van der Waals surface area contributed by atoms with Gasteiger partial charge in [0.05, 0.1) is 6.61 Å². The lowest BCUT2D eigenvalue weighted by atomic mass is 9.85. The smallest absolute Gasteiger partial charge is 0.0612 e. The molecule has 0 saturated carbocycles. The highest BCUT2D eigenvalue weighted by molar-refractivity contribution is 5.86. The third-order valence-corrected chi connectivity index (χ3v) is 6.35. The van der Waals surface area contributed by atoms with Gasteiger partial charge in [0, 0.05) is 28.7 Å². The molecule has 2 N–H and O–H groups in total. The Kier molecular flexibility index (Phi) is 4.84. The third kappa shape index (κ3) is 3.61. The second-order valence-corrected chi connectivity index (χ2v) is 9.61. The van der Waals surface area contributed by atoms with Crippen LogP contribution in [0.15, 0.2) is 48.5 Å². The van der Waals surface area contributed by atoms with Gasteiger partial charge in [-0.3, -0.25) is 4.90 Å². The van der Waals surface area contributed by atoms with Gasteiger partial charge in [-0.25, -0.2) is 0 Å². The number of aliphatic hydroxyl groups excluding tert-OH is 1. The molecular formula is C25H32N2O. The number of hydrogen-bond acceptors (Lipinski definition) is 2. The van der Waals surface area contributed by atoms with Gasteiger partial charge in [-0.2, -0.15) is 0 Å². The first-order valence-electron chi connectivity index (χ1n) is 10.4. The van der Waals surface area contributed by atoms with Gasteiger partial charge in [-0.05, 0) is 66.6 Å². The van der Waals surface area contributed by atoms with E-state index >= 15 is 0 Å². The molecule has 0 radical (unpaired) electrons. The van der Waals surface area contributed by atoms with Crippen LogP contribution in [0.5, 0.6) is 0 Å². The average Bonchev–Trinajstić information content (AvgIpc) is 3.24. The Balaban J connectivity index is 1.62. The minimum Gasteiger partial charge on any atom is -0.394 e. The van der Waals surface area contributed by atoms with Gasteiger partial charge < -0.3 is 10.1 Å². The molecule has 0 bridgehead atoms. The van der Waals surface area contributed by atoms with E-state index in [2.05, 4.69) is 86.1 Å². The fourth-order valence-corrected chi connectivity index (χ4v) is 4.36. The second kappa shape index (κ2) is 7.06. The molecular weight excluding hydrogens is 344 g/mol. The van der Waals surface area contributed by atoms with E-state index < -0.39 is 0 Å². The van der Waals surface area contributed by atoms with Crippen LogP contribution in [0.25, 0.3) is 22.0 Å². The lowest BCUT2D eigenvalue weighted by molar-refractivity contribution is 0.0726. The van der Waals surface area contributed by atoms with E-state index in [0.29, 0.717) is 0 Å². The first-order chi connectivity index (χ1) is 13.3. The summed E-state index contributed by atoms with van der Waals surface area (Å²) in [5.41, 5.74) is 6.34. The molecule has 2 aromatic carbocycles. The Morgan fingerprint density at radius 2 is 1.86 bits per heavy atom. The monoisotopic (exact) mass is 376 g/mol. The normalized spacial score (nSPS) is 20.9. The molecule has 3 heteroatoms. The van der Waals surface area contributed by atoms with Gasteiger partial charge in [0.15, 0.2) is 0 Å². The predicted molar refractivity (Wildman–Crippen MR) is 118 cm³/mol. The Morgan fingerprint density at radius 3 is 2.61 bits per heavy atom. The van der Waals surface area contributed by atoms with Gasteiger partial charge in [0.1, 0.15) is 0 Å². The third-order valence-electron chi connectivity index (χ3n) is 6.35. The Labute approximate surface area is 168 Å². The maximum atomic E-state index is 9.80. The topological polar surface area (TPSA) is 39.3 Å². The number of H-pyrrole nitrogens is 1. The van der Waals surface area contributed by atoms with E-state index in [1.54, 1.807) is 0 Å². The average molecular weight is 377 g/mol. The summed E-state index contributed by atoms with van der Waals surface area (Å²) in [7, 11) is 0. The molecule has 1 fully saturated rings. The van der Waals surface area contributed by atoms with Crippen molar-refractivity contribution < 1.29 is 5.11 Å². The molecule has 0 unspecified atom stereocenters. The van der Waals surface area contributed by atoms with E-state index in [4.69, 9.17) is 0 Å². The zero-order valence-corrected chi connectivity index (χ0v) is 17.5. The number of benzene rings is 2. The van der Waals surface area contributed by atoms with Crippen LogP contribution in [0.2, 0.25) is 0 Å². The standard InChI is InChI=1S/C25H32N2O/c1-24(2,3)21-8-5-7-18(14-21)19-9-10-23-20(13-19)15-22(26-23)16-27-12-6-11-25(27,4)17-28/h5,7-10,13-15,26,28H,6,11-12,16-17H2,1-4H3/t25-/m1/s1. The summed E-state index contributed by atoms with van der Waals surface area (Å²) in [6.07, 6.45) is 2.23. The van der Waals surface area contributed by atoms with Gasteiger partial charge in [-0.1, -0.05) is 51.1 Å². The number of aromatic amines is 1. The van der Waals surface area contributed by atoms with Crippen LogP contribution in [-0.4, -0.2) is 33.7 Å². The van der Waals surface area contributed by atoms with Crippen LogP contribution in [0, 0.1) is 0 Å². The Morgan fingerprint density at radius 1 is 1.07 bits per heavy atom. The van der Waals surface area contributed by atoms with E-state index in [0.717, 1.165) is 25.9 Å². The number of fused-ring (bicyclic) bond motifs is 1. The summed E-state index contributed by atoms with van der Waals surface area (Å²) in [4.78, 5) is 5.98. The van der Waals surface area contributed by atoms with Crippen molar-refractivity contribution in [1.82, 2.24) is 9.88 Å². The molecule has 3 nitrogen and oxygen atoms in total. The predicted octanol–water partition coefficient (Wildman–Crippen LogP) is 5.48. The molecule has 148 valence electrons. The number of hydrogen-bond donors (Lipinski definition) is 2. The summed E-state index contributed by atoms with van der Waals surface area (Å²) < 4.78 is 0. The van der Waals surface area contributed by atoms with Crippen LogP contribution in [0.4, 0.5) is 0 Å². The summed E-state index contributed by atoms with van der Waals surface area (Å²) in [5.74, 6) is 0. The van der Waals surface area contributed by atoms with Crippen LogP contribution < -0.4 is 0 Å². The van der Waals surface area contributed by atoms with E-state index in [1.165, 1.54) is 33.3 Å². The summed E-state index contributed by atoms with van der Waals surface area (Å²) in [5, 5.41) is 11.1. The van der Waals surface area contributed by atoms with Gasteiger partial charge >= 0.3 is 0 Å². The molecule has 0 spiro atoms. The van der Waals surface area contributed by atoms with Gasteiger partial charge in [-0.15, -0.1) is 0 Å². The molecule has 28 heavy (non-hydrogen) atoms. The van der Waals surface area contributed by atoms with Crippen molar-refractivity contribution in [3.8, 4) is 11.1 Å². The van der Waals surface area contributed by atoms with Gasteiger partial charge in [0.2, 0.25) is 0 Å². The van der Waals surface area contributed by atoms with Crippen LogP contribution >= 0.6 is 0 Å². The van der Waals surface area contributed by atoms with Crippen molar-refractivity contribution in [3.63, 3.8) is 0 Å². The van der Waals surface area contributed by atoms with Crippen LogP contribution in [-0.2, 0) is 12.0 Å². The highest BCUT2D eigenvalue weighted by atomic mass is 16.3.